The number of aliphatic hydroxyl groups excluding tert-OH is 2. The number of phenols is 1. The van der Waals surface area contributed by atoms with Gasteiger partial charge in [-0.05, 0) is 96.3 Å². The second-order valence-electron chi connectivity index (χ2n) is 34.1. The molecular weight excluding hydrogens is 1780 g/mol. The van der Waals surface area contributed by atoms with E-state index in [1.807, 2.05) is 0 Å². The average molecular weight is 1900 g/mol. The van der Waals surface area contributed by atoms with Crippen molar-refractivity contribution in [3.05, 3.63) is 173 Å². The normalized spacial score (nSPS) is 24.5. The Hall–Kier alpha value is -13.6. The predicted molar refractivity (Wildman–Crippen MR) is 483 cm³/mol. The molecule has 9 rings (SSSR count). The number of amides is 15. The molecule has 3 aliphatic heterocycles. The van der Waals surface area contributed by atoms with Crippen LogP contribution in [0.25, 0.3) is 10.9 Å². The Morgan fingerprint density at radius 2 is 1.02 bits per heavy atom. The molecule has 39 nitrogen and oxygen atoms in total. The van der Waals surface area contributed by atoms with Gasteiger partial charge in [0.05, 0.1) is 30.9 Å². The van der Waals surface area contributed by atoms with Crippen molar-refractivity contribution in [1.29, 1.82) is 0 Å². The number of para-hydroxylation sites is 1. The summed E-state index contributed by atoms with van der Waals surface area (Å²) in [5, 5.41) is 77.1. The summed E-state index contributed by atoms with van der Waals surface area (Å²) in [5.74, 6) is -27.3. The molecule has 3 fully saturated rings. The van der Waals surface area contributed by atoms with Crippen molar-refractivity contribution in [2.24, 2.45) is 17.4 Å². The van der Waals surface area contributed by atoms with Gasteiger partial charge < -0.3 is 114 Å². The topological polar surface area (TPSA) is 584 Å². The number of carbonyl (C=O) groups excluding carboxylic acids is 15. The number of nitrogens with zero attached hydrogens (tertiary/aromatic N) is 5. The number of aliphatic hydroxyl groups is 2. The van der Waals surface area contributed by atoms with Crippen molar-refractivity contribution < 1.29 is 120 Å². The first-order valence-corrected chi connectivity index (χ1v) is 45.3. The zero-order valence-corrected chi connectivity index (χ0v) is 76.1. The summed E-state index contributed by atoms with van der Waals surface area (Å²) < 4.78 is 45.1. The van der Waals surface area contributed by atoms with Gasteiger partial charge in [-0.25, -0.2) is 13.2 Å². The number of primary amides is 1. The molecular formula is C92H116F3N17O22S. The minimum absolute atomic E-state index is 0.00873. The molecule has 0 spiro atoms. The number of phenolic OH excluding ortho intramolecular Hbond substituents is 1. The summed E-state index contributed by atoms with van der Waals surface area (Å²) in [6.45, 7) is 2.58. The number of hydrogen-bond acceptors (Lipinski definition) is 22. The van der Waals surface area contributed by atoms with Crippen LogP contribution in [0, 0.1) is 23.4 Å². The summed E-state index contributed by atoms with van der Waals surface area (Å²) in [5.41, 5.74) is 13.1. The Morgan fingerprint density at radius 1 is 0.511 bits per heavy atom. The largest absolute Gasteiger partial charge is 0.508 e. The lowest BCUT2D eigenvalue weighted by Gasteiger charge is -2.38. The molecule has 0 aliphatic carbocycles. The van der Waals surface area contributed by atoms with E-state index in [0.717, 1.165) is 31.5 Å². The number of aliphatic carboxylic acids is 2. The number of thioether (sulfide) groups is 1. The van der Waals surface area contributed by atoms with E-state index in [0.29, 0.717) is 63.5 Å². The maximum absolute atomic E-state index is 15.7. The Morgan fingerprint density at radius 3 is 1.60 bits per heavy atom. The van der Waals surface area contributed by atoms with Gasteiger partial charge in [-0.2, -0.15) is 0 Å². The highest BCUT2D eigenvalue weighted by molar-refractivity contribution is 8.00. The van der Waals surface area contributed by atoms with Gasteiger partial charge in [-0.3, -0.25) is 81.5 Å². The number of benzene rings is 5. The van der Waals surface area contributed by atoms with Crippen LogP contribution in [0.4, 0.5) is 13.2 Å². The van der Waals surface area contributed by atoms with Crippen LogP contribution in [0.5, 0.6) is 5.75 Å². The van der Waals surface area contributed by atoms with Crippen molar-refractivity contribution in [3.8, 4) is 5.75 Å². The number of carboxylic acids is 2. The predicted octanol–water partition coefficient (Wildman–Crippen LogP) is -0.640. The number of halogens is 3. The fourth-order valence-corrected chi connectivity index (χ4v) is 17.2. The number of rotatable bonds is 25. The van der Waals surface area contributed by atoms with E-state index < -0.39 is 296 Å². The van der Waals surface area contributed by atoms with Crippen molar-refractivity contribution in [3.63, 3.8) is 0 Å². The molecule has 43 heteroatoms. The van der Waals surface area contributed by atoms with Crippen LogP contribution in [0.15, 0.2) is 128 Å². The quantitative estimate of drug-likeness (QED) is 0.0317. The number of aromatic nitrogens is 1. The van der Waals surface area contributed by atoms with Gasteiger partial charge >= 0.3 is 11.9 Å². The highest BCUT2D eigenvalue weighted by Crippen LogP contribution is 2.29. The van der Waals surface area contributed by atoms with Crippen LogP contribution >= 0.6 is 11.8 Å². The van der Waals surface area contributed by atoms with E-state index in [1.54, 1.807) is 91.9 Å². The van der Waals surface area contributed by atoms with Crippen LogP contribution in [0.2, 0.25) is 0 Å². The first-order valence-electron chi connectivity index (χ1n) is 44.2. The number of carbonyl (C=O) groups is 17. The first-order chi connectivity index (χ1) is 64.1. The van der Waals surface area contributed by atoms with Gasteiger partial charge in [0.25, 0.3) is 0 Å². The summed E-state index contributed by atoms with van der Waals surface area (Å²) in [6.07, 6.45) is -7.34. The fourth-order valence-electron chi connectivity index (χ4n) is 16.4. The average Bonchev–Trinajstić information content (AvgIpc) is 1.64. The van der Waals surface area contributed by atoms with Crippen molar-refractivity contribution in [1.82, 2.24) is 77.3 Å². The number of nitrogens with one attached hydrogen (secondary N) is 10. The third kappa shape index (κ3) is 29.2. The molecule has 1 aromatic heterocycles. The van der Waals surface area contributed by atoms with E-state index in [1.165, 1.54) is 58.4 Å². The Kier molecular flexibility index (Phi) is 38.5. The molecule has 5 aromatic carbocycles. The highest BCUT2D eigenvalue weighted by atomic mass is 32.2. The summed E-state index contributed by atoms with van der Waals surface area (Å²) in [7, 11) is 3.53. The molecule has 15 amide bonds. The lowest BCUT2D eigenvalue weighted by atomic mass is 9.98. The zero-order valence-electron chi connectivity index (χ0n) is 75.3. The monoisotopic (exact) mass is 1900 g/mol. The molecule has 0 bridgehead atoms. The summed E-state index contributed by atoms with van der Waals surface area (Å²) in [6, 6.07) is 6.49. The lowest BCUT2D eigenvalue weighted by molar-refractivity contribution is -0.152. The van der Waals surface area contributed by atoms with Crippen molar-refractivity contribution in [2.45, 2.75) is 208 Å². The molecule has 3 saturated heterocycles. The second-order valence-corrected chi connectivity index (χ2v) is 35.1. The van der Waals surface area contributed by atoms with Crippen LogP contribution in [-0.4, -0.2) is 305 Å². The van der Waals surface area contributed by atoms with E-state index in [4.69, 9.17) is 11.5 Å². The van der Waals surface area contributed by atoms with Crippen molar-refractivity contribution in [2.75, 3.05) is 58.8 Å². The van der Waals surface area contributed by atoms with E-state index in [-0.39, 0.29) is 57.2 Å². The minimum Gasteiger partial charge on any atom is -0.508 e. The Bertz CT molecular complexity index is 5260. The molecule has 3 aliphatic rings. The molecule has 0 radical (unpaired) electrons. The third-order valence-electron chi connectivity index (χ3n) is 23.7. The molecule has 0 unspecified atom stereocenters. The van der Waals surface area contributed by atoms with Crippen LogP contribution in [-0.2, 0) is 114 Å². The highest BCUT2D eigenvalue weighted by Gasteiger charge is 2.48. The van der Waals surface area contributed by atoms with Gasteiger partial charge in [0.2, 0.25) is 88.6 Å². The maximum atomic E-state index is 15.7. The fraction of sp³-hybridized carbons (Fsp3) is 0.467. The minimum atomic E-state index is -2.08. The zero-order chi connectivity index (χ0) is 98.8. The second kappa shape index (κ2) is 49.4. The van der Waals surface area contributed by atoms with Crippen LogP contribution in [0.3, 0.4) is 0 Å². The van der Waals surface area contributed by atoms with Gasteiger partial charge in [0.15, 0.2) is 17.5 Å². The van der Waals surface area contributed by atoms with E-state index in [2.05, 4.69) is 52.8 Å². The number of nitrogens with two attached hydrogens (primary N) is 2. The molecule has 135 heavy (non-hydrogen) atoms. The van der Waals surface area contributed by atoms with Gasteiger partial charge in [0, 0.05) is 108 Å². The standard InChI is InChI=1S/C92H116F3N17O22S/c1-7-8-25-69-91(133)112-46-57(115)41-72(112)87(129)105-66(42-77(120)121)84(126)107-79(49(2)3)92(134)109(5)70(37-50-18-11-9-12-19-50)85(127)102-63(30-31-76(118)119)89(131)111-45-56(114)40-71(111)86(128)104-65(39-54-43-98-61-23-16-15-22-58(54)61)83(125)103-64(35-52-26-28-55(113)29-27-52)82(124)101-62(24-17-32-96)81(123)106-68(80(122)99-44-74(97)116)47-135-48-75(117)100-67(36-53-33-59(93)78(95)60(94)34-53)88(130)110(6)73(90(132)108(69)4)38-51-20-13-10-14-21-51/h9-16,18-23,26-29,33-34,43,49,56-57,62-73,79,98,113-115H,7-8,17,24-25,30-32,35-42,44-48,96H2,1-6H3,(H2,97,116)(H,99,122)(H,100,117)(H,101,124)(H,102,127)(H,103,125)(H,104,128)(H,105,129)(H,106,123)(H,107,126)(H,118,119)(H,120,121)/t56-,57-,62-,63+,64-,65-,66-,67-,68-,69-,70+,71+,72+,73-,79-/m0/s1. The number of hydrogen-bond donors (Lipinski definition) is 17. The van der Waals surface area contributed by atoms with E-state index in [9.17, 15) is 68.3 Å². The number of fused-ring (bicyclic) bond motifs is 3. The Labute approximate surface area is 779 Å². The Balaban J connectivity index is 1.14. The smallest absolute Gasteiger partial charge is 0.305 e. The molecule has 19 N–H and O–H groups in total. The van der Waals surface area contributed by atoms with Crippen molar-refractivity contribution >= 4 is 123 Å². The number of likely N-dealkylation sites (N-methyl/N-ethyl adjacent to an activating group) is 3. The SMILES string of the molecule is CCCC[C@H]1C(=O)N2C[C@@H](O)C[C@@H]2C(=O)N[C@@H](CC(=O)O)C(=O)N[C@@H](C(C)C)C(=O)N(C)[C@H](Cc2ccccc2)C(=O)N[C@H](CCC(=O)O)C(=O)N2C[C@@H](O)C[C@@H]2C(=O)N[C@@H](Cc2c[nH]c3ccccc23)C(=O)N[C@@H](Cc2ccc(O)cc2)C(=O)N[C@@H](CCCN)C(=O)N[C@H](C(=O)NCC(N)=O)CSCC(=O)N[C@@H](Cc2cc(F)c(F)c(F)c2)C(=O)N(C)[C@@H](Cc2ccccc2)C(=O)N1C. The molecule has 0 saturated carbocycles. The first kappa shape index (κ1) is 105. The molecule has 15 atom stereocenters. The number of unbranched alkanes of at least 4 members (excludes halogenated alkanes) is 1. The number of aromatic hydroxyl groups is 1. The third-order valence-corrected chi connectivity index (χ3v) is 24.7. The van der Waals surface area contributed by atoms with E-state index >= 15 is 51.9 Å². The number of aromatic amines is 1. The van der Waals surface area contributed by atoms with Gasteiger partial charge in [-0.1, -0.05) is 125 Å². The van der Waals surface area contributed by atoms with Crippen LogP contribution < -0.4 is 59.3 Å². The number of carboxylic acid groups (broad SMARTS) is 2. The summed E-state index contributed by atoms with van der Waals surface area (Å²) in [4.78, 5) is 257. The van der Waals surface area contributed by atoms with Gasteiger partial charge in [0.1, 0.15) is 84.3 Å². The lowest BCUT2D eigenvalue weighted by Crippen LogP contribution is -2.62. The molecule has 728 valence electrons. The molecule has 4 heterocycles. The summed E-state index contributed by atoms with van der Waals surface area (Å²) >= 11 is 0.624. The number of H-pyrrole nitrogens is 1. The molecule has 6 aromatic rings. The maximum Gasteiger partial charge on any atom is 0.305 e. The van der Waals surface area contributed by atoms with Gasteiger partial charge in [-0.15, -0.1) is 11.8 Å². The van der Waals surface area contributed by atoms with Crippen LogP contribution in [0.1, 0.15) is 113 Å².